The first-order valence-corrected chi connectivity index (χ1v) is 122. The molecule has 0 aromatic rings. The summed E-state index contributed by atoms with van der Waals surface area (Å²) in [5.41, 5.74) is 0. The molecule has 0 aliphatic rings. The Morgan fingerprint density at radius 1 is 0.141 bits per heavy atom. The van der Waals surface area contributed by atoms with Gasteiger partial charge in [0.05, 0.1) is 12.5 Å². The first kappa shape index (κ1) is 159. The molecule has 56 nitrogen and oxygen atoms in total. The average Bonchev–Trinajstić information content (AvgIpc) is 0.827. The van der Waals surface area contributed by atoms with Crippen LogP contribution in [0.5, 0.6) is 0 Å². The summed E-state index contributed by atoms with van der Waals surface area (Å²) in [5.74, 6) is 0. The number of carbonyl (C=O) groups excluding carboxylic acids is 2. The molecule has 0 spiro atoms. The van der Waals surface area contributed by atoms with E-state index in [0.717, 1.165) is 12.5 Å². The summed E-state index contributed by atoms with van der Waals surface area (Å²) >= 11 is 0. The number of hydrogen-bond acceptors (Lipinski definition) is 56. The summed E-state index contributed by atoms with van der Waals surface area (Å²) in [6, 6.07) is 0. The maximum absolute atomic E-state index is 11.7. The summed E-state index contributed by atoms with van der Waals surface area (Å²) in [4.78, 5) is 23.3. The van der Waals surface area contributed by atoms with E-state index in [1.165, 1.54) is 0 Å². The third kappa shape index (κ3) is 82.0. The highest BCUT2D eigenvalue weighted by molar-refractivity contribution is 6.84. The largest absolute Gasteiger partial charge is 0.513 e. The molecular formula is C66H188O56Si27. The van der Waals surface area contributed by atoms with Crippen molar-refractivity contribution in [3.63, 3.8) is 0 Å². The number of carbonyl (C=O) groups is 2. The van der Waals surface area contributed by atoms with Crippen molar-refractivity contribution in [2.45, 2.75) is 383 Å². The molecule has 896 valence electrons. The Hall–Kier alpha value is 1.88. The van der Waals surface area contributed by atoms with Crippen molar-refractivity contribution in [2.75, 3.05) is 12.5 Å². The van der Waals surface area contributed by atoms with E-state index in [1.807, 2.05) is 26.2 Å². The molecule has 0 saturated carbocycles. The average molecular weight is 2640 g/mol. The minimum absolute atomic E-state index is 0. The van der Waals surface area contributed by atoms with Crippen molar-refractivity contribution in [1.29, 1.82) is 0 Å². The maximum Gasteiger partial charge on any atom is 0.513 e. The standard InChI is InChI=1S/C62H172O56Si27.4CH4/c1-57-65-61(63)67-59-119(3,4)117-144(53,54)115-113-142(49,50)111-109-140(45,46)107-105-138(41,42)103-101-136(37,38)99-97-134(33,34)95-93-132(29,30)91-89-130(25,26)87-85-128(21,22)83-81-126(17,18)79-77-124(13,14)75-73-122(9,10)71-69-121(7,8)70-72-123(11,12)74-76-125(15,16)78-80-127(19,20)82-84-129(23,24)86-88-131(27,28)90-92-133(31,32)94-96-135(35,36)98-100-137(39,40)102-104-139(43,44)106-108-141(47,48)110-112-143(51,52)114-116-145(55,56)118-120(5,6)60-68-62(64)66-58-2;;;;/h57-58H,1-2,59-60H2,3-56H3;4*1H4. The van der Waals surface area contributed by atoms with Gasteiger partial charge in [-0.2, -0.15) is 0 Å². The number of rotatable bonds is 82. The fraction of sp³-hybridized carbons (Fsp3) is 0.909. The monoisotopic (exact) mass is 2630 g/mol. The first-order chi connectivity index (χ1) is 64.3. The van der Waals surface area contributed by atoms with Crippen LogP contribution in [0.2, 0.25) is 354 Å². The van der Waals surface area contributed by atoms with Crippen molar-refractivity contribution in [1.82, 2.24) is 0 Å². The molecule has 0 aliphatic heterocycles. The molecular weight excluding hydrogens is 2450 g/mol. The highest BCUT2D eigenvalue weighted by Crippen LogP contribution is 2.33. The third-order valence-corrected chi connectivity index (χ3v) is 50.4. The van der Waals surface area contributed by atoms with E-state index < -0.39 is 243 Å². The van der Waals surface area contributed by atoms with Crippen molar-refractivity contribution < 1.29 is 256 Å². The summed E-state index contributed by atoms with van der Waals surface area (Å²) in [6.07, 6.45) is 0.231. The Morgan fingerprint density at radius 3 is 0.275 bits per heavy atom. The fourth-order valence-electron chi connectivity index (χ4n) is 7.23. The van der Waals surface area contributed by atoms with Gasteiger partial charge >= 0.3 is 226 Å². The molecule has 0 N–H and O–H groups in total. The second-order valence-electron chi connectivity index (χ2n) is 44.4. The highest BCUT2D eigenvalue weighted by atomic mass is 28.5. The predicted molar refractivity (Wildman–Crippen MR) is 598 cm³/mol. The van der Waals surface area contributed by atoms with Crippen molar-refractivity contribution >= 4 is 243 Å². The van der Waals surface area contributed by atoms with E-state index in [2.05, 4.69) is 22.6 Å². The Labute approximate surface area is 914 Å². The van der Waals surface area contributed by atoms with E-state index in [4.69, 9.17) is 237 Å². The quantitative estimate of drug-likeness (QED) is 0.0179. The number of ether oxygens (including phenoxy) is 4. The zero-order valence-electron chi connectivity index (χ0n) is 95.3. The van der Waals surface area contributed by atoms with Gasteiger partial charge in [-0.05, 0) is 354 Å². The van der Waals surface area contributed by atoms with E-state index in [0.29, 0.717) is 0 Å². The van der Waals surface area contributed by atoms with Crippen molar-refractivity contribution in [2.24, 2.45) is 0 Å². The molecule has 0 bridgehead atoms. The summed E-state index contributed by atoms with van der Waals surface area (Å²) in [5, 5.41) is 0. The molecule has 0 rings (SSSR count). The van der Waals surface area contributed by atoms with E-state index >= 15 is 0 Å². The predicted octanol–water partition coefficient (Wildman–Crippen LogP) is 21.9. The van der Waals surface area contributed by atoms with Gasteiger partial charge in [0.25, 0.3) is 0 Å². The van der Waals surface area contributed by atoms with Crippen LogP contribution >= 0.6 is 0 Å². The molecule has 0 aromatic heterocycles. The number of hydrogen-bond donors (Lipinski definition) is 0. The lowest BCUT2D eigenvalue weighted by molar-refractivity contribution is -0.286. The van der Waals surface area contributed by atoms with Gasteiger partial charge in [-0.1, -0.05) is 42.9 Å². The molecule has 0 heterocycles. The minimum Gasteiger partial charge on any atom is -0.435 e. The van der Waals surface area contributed by atoms with Gasteiger partial charge in [0.2, 0.25) is 16.6 Å². The van der Waals surface area contributed by atoms with Gasteiger partial charge < -0.3 is 27.2 Å². The van der Waals surface area contributed by atoms with Crippen LogP contribution < -0.4 is 0 Å². The fourth-order valence-corrected chi connectivity index (χ4v) is 58.7. The second kappa shape index (κ2) is 64.0. The van der Waals surface area contributed by atoms with Gasteiger partial charge in [0, 0.05) is 0 Å². The lowest BCUT2D eigenvalue weighted by atomic mass is 11.1. The Morgan fingerprint density at radius 2 is 0.208 bits per heavy atom. The van der Waals surface area contributed by atoms with Crippen LogP contribution in [0.25, 0.3) is 0 Å². The molecule has 0 unspecified atom stereocenters. The zero-order valence-corrected chi connectivity index (χ0v) is 122. The minimum atomic E-state index is -3.25. The molecule has 0 fully saturated rings. The lowest BCUT2D eigenvalue weighted by Gasteiger charge is -2.34. The van der Waals surface area contributed by atoms with Gasteiger partial charge in [-0.25, -0.2) is 9.59 Å². The van der Waals surface area contributed by atoms with Crippen LogP contribution in [-0.2, 0) is 247 Å². The van der Waals surface area contributed by atoms with Gasteiger partial charge in [-0.3, -0.25) is 220 Å². The molecule has 0 aromatic carbocycles. The van der Waals surface area contributed by atoms with Crippen LogP contribution in [0.3, 0.4) is 0 Å². The van der Waals surface area contributed by atoms with Crippen LogP contribution in [0.4, 0.5) is 9.59 Å². The van der Waals surface area contributed by atoms with Crippen LogP contribution in [0.1, 0.15) is 29.7 Å². The zero-order chi connectivity index (χ0) is 114. The Kier molecular flexibility index (Phi) is 68.4. The van der Waals surface area contributed by atoms with Crippen molar-refractivity contribution in [3.8, 4) is 0 Å². The summed E-state index contributed by atoms with van der Waals surface area (Å²) < 4.78 is 309. The van der Waals surface area contributed by atoms with Gasteiger partial charge in [0.15, 0.2) is 0 Å². The normalized spacial score (nSPS) is 14.6. The highest BCUT2D eigenvalue weighted by Gasteiger charge is 2.53. The van der Waals surface area contributed by atoms with Gasteiger partial charge in [0.1, 0.15) is 12.5 Å². The molecule has 0 saturated heterocycles. The lowest BCUT2D eigenvalue weighted by Crippen LogP contribution is -2.52. The van der Waals surface area contributed by atoms with Crippen LogP contribution in [0, 0.1) is 0 Å². The van der Waals surface area contributed by atoms with Crippen LogP contribution in [-0.4, -0.2) is 255 Å². The molecule has 0 amide bonds. The van der Waals surface area contributed by atoms with E-state index in [9.17, 15) is 9.59 Å². The first-order valence-electron chi connectivity index (χ1n) is 45.4. The second-order valence-corrected chi connectivity index (χ2v) is 132. The summed E-state index contributed by atoms with van der Waals surface area (Å²) in [7, 11) is -84.8. The van der Waals surface area contributed by atoms with Crippen LogP contribution in [0.15, 0.2) is 25.7 Å². The summed E-state index contributed by atoms with van der Waals surface area (Å²) in [6.45, 7) is 98.4. The molecule has 149 heavy (non-hydrogen) atoms. The smallest absolute Gasteiger partial charge is 0.435 e. The van der Waals surface area contributed by atoms with E-state index in [-0.39, 0.29) is 42.2 Å². The SMILES string of the molecule is C.C.C.C.C=COC(=O)OC[Si](C)(C)O[Si](C)(C)OO[Si](C)(C)OO[Si](C)(C)OO[Si](C)(C)OO[Si](C)(C)OO[Si](C)(C)OO[Si](C)(C)OO[Si](C)(C)OO[Si](C)(C)OO[Si](C)(C)OO[Si](C)(C)OO[Si](C)(C)OO[Si](C)(C)OO[Si](C)(C)OO[Si](C)(C)OO[Si](C)(C)OO[Si](C)(C)OO[Si](C)(C)OO[Si](C)(C)OO[Si](C)(C)OO[Si](C)(C)OO[Si](C)(C)OO[Si](C)(C)OO[Si](C)(C)OO[Si](C)(C)O[Si](C)(C)COC(=O)OC=C. The maximum atomic E-state index is 11.7. The molecule has 0 radical (unpaired) electrons. The topological polar surface area (TPSA) is 533 Å². The molecule has 83 heteroatoms. The Balaban J connectivity index is -0.0000173. The van der Waals surface area contributed by atoms with Gasteiger partial charge in [-0.15, -0.1) is 0 Å². The molecule has 0 atom stereocenters. The van der Waals surface area contributed by atoms with Crippen molar-refractivity contribution in [3.05, 3.63) is 25.7 Å². The molecule has 0 aliphatic carbocycles. The third-order valence-electron chi connectivity index (χ3n) is 13.1. The Bertz CT molecular complexity index is 3500. The van der Waals surface area contributed by atoms with E-state index in [1.54, 1.807) is 327 Å².